The van der Waals surface area contributed by atoms with Crippen molar-refractivity contribution < 1.29 is 18.3 Å². The van der Waals surface area contributed by atoms with E-state index in [0.717, 1.165) is 8.66 Å². The van der Waals surface area contributed by atoms with E-state index in [1.165, 1.54) is 11.3 Å². The van der Waals surface area contributed by atoms with Crippen molar-refractivity contribution in [2.45, 2.75) is 45.3 Å². The number of nitrogens with one attached hydrogen (secondary N) is 2. The van der Waals surface area contributed by atoms with Crippen LogP contribution in [0.1, 0.15) is 38.6 Å². The molecule has 0 aliphatic rings. The van der Waals surface area contributed by atoms with Crippen LogP contribution in [0.4, 0.5) is 13.6 Å². The first-order valence-electron chi connectivity index (χ1n) is 6.82. The molecule has 1 rings (SSSR count). The van der Waals surface area contributed by atoms with E-state index in [9.17, 15) is 13.6 Å². The van der Waals surface area contributed by atoms with Gasteiger partial charge in [0.15, 0.2) is 0 Å². The number of hydrogen-bond donors (Lipinski definition) is 2. The zero-order valence-corrected chi connectivity index (χ0v) is 15.4. The predicted octanol–water partition coefficient (Wildman–Crippen LogP) is 4.32. The van der Waals surface area contributed by atoms with Crippen LogP contribution < -0.4 is 10.6 Å². The van der Waals surface area contributed by atoms with Crippen LogP contribution in [0, 0.1) is 0 Å². The fraction of sp³-hybridized carbons (Fsp3) is 0.643. The molecule has 0 spiro atoms. The van der Waals surface area contributed by atoms with Gasteiger partial charge in [-0.05, 0) is 55.8 Å². The van der Waals surface area contributed by atoms with E-state index < -0.39 is 30.7 Å². The molecular weight excluding hydrogens is 378 g/mol. The normalized spacial score (nSPS) is 13.8. The fourth-order valence-corrected chi connectivity index (χ4v) is 2.99. The highest BCUT2D eigenvalue weighted by molar-refractivity contribution is 9.11. The number of alkyl carbamates (subject to hydrolysis) is 1. The molecule has 0 bridgehead atoms. The van der Waals surface area contributed by atoms with Crippen LogP contribution in [0.25, 0.3) is 0 Å². The lowest BCUT2D eigenvalue weighted by atomic mass is 10.2. The number of amides is 1. The molecule has 126 valence electrons. The third-order valence-corrected chi connectivity index (χ3v) is 4.38. The zero-order chi connectivity index (χ0) is 17.0. The molecular formula is C14H21BrF2N2O2S. The summed E-state index contributed by atoms with van der Waals surface area (Å²) < 4.78 is 33.4. The first-order valence-corrected chi connectivity index (χ1v) is 8.43. The fourth-order valence-electron chi connectivity index (χ4n) is 1.54. The van der Waals surface area contributed by atoms with Gasteiger partial charge in [-0.2, -0.15) is 0 Å². The van der Waals surface area contributed by atoms with Crippen molar-refractivity contribution >= 4 is 33.4 Å². The van der Waals surface area contributed by atoms with Gasteiger partial charge in [0.1, 0.15) is 5.60 Å². The monoisotopic (exact) mass is 398 g/mol. The molecule has 4 nitrogen and oxygen atoms in total. The maximum absolute atomic E-state index is 13.8. The van der Waals surface area contributed by atoms with Gasteiger partial charge in [-0.15, -0.1) is 11.3 Å². The second-order valence-electron chi connectivity index (χ2n) is 5.96. The SMILES string of the molecule is CC(NCC(F)(F)CNC(=O)OC(C)(C)C)c1ccc(Br)s1. The second kappa shape index (κ2) is 7.70. The lowest BCUT2D eigenvalue weighted by Gasteiger charge is -2.23. The Balaban J connectivity index is 2.38. The molecule has 1 heterocycles. The van der Waals surface area contributed by atoms with Crippen LogP contribution in [0.5, 0.6) is 0 Å². The smallest absolute Gasteiger partial charge is 0.407 e. The van der Waals surface area contributed by atoms with Crippen LogP contribution in [0.2, 0.25) is 0 Å². The summed E-state index contributed by atoms with van der Waals surface area (Å²) in [5.41, 5.74) is -0.710. The predicted molar refractivity (Wildman–Crippen MR) is 87.6 cm³/mol. The van der Waals surface area contributed by atoms with E-state index >= 15 is 0 Å². The van der Waals surface area contributed by atoms with Crippen molar-refractivity contribution in [2.75, 3.05) is 13.1 Å². The lowest BCUT2D eigenvalue weighted by molar-refractivity contribution is -0.00518. The Labute approximate surface area is 141 Å². The highest BCUT2D eigenvalue weighted by Crippen LogP contribution is 2.27. The average molecular weight is 399 g/mol. The molecule has 1 atom stereocenters. The topological polar surface area (TPSA) is 50.4 Å². The molecule has 0 aromatic carbocycles. The van der Waals surface area contributed by atoms with E-state index in [1.54, 1.807) is 20.8 Å². The summed E-state index contributed by atoms with van der Waals surface area (Å²) in [4.78, 5) is 12.3. The van der Waals surface area contributed by atoms with Crippen molar-refractivity contribution in [1.82, 2.24) is 10.6 Å². The first kappa shape index (κ1) is 19.3. The second-order valence-corrected chi connectivity index (χ2v) is 8.45. The van der Waals surface area contributed by atoms with Crippen molar-refractivity contribution in [3.8, 4) is 0 Å². The summed E-state index contributed by atoms with van der Waals surface area (Å²) in [5.74, 6) is -3.06. The van der Waals surface area contributed by atoms with Crippen molar-refractivity contribution in [2.24, 2.45) is 0 Å². The maximum atomic E-state index is 13.8. The minimum atomic E-state index is -3.06. The Bertz CT molecular complexity index is 503. The summed E-state index contributed by atoms with van der Waals surface area (Å²) in [6.07, 6.45) is -0.845. The van der Waals surface area contributed by atoms with Gasteiger partial charge in [-0.3, -0.25) is 0 Å². The van der Waals surface area contributed by atoms with E-state index in [0.29, 0.717) is 0 Å². The van der Waals surface area contributed by atoms with Crippen molar-refractivity contribution in [3.63, 3.8) is 0 Å². The maximum Gasteiger partial charge on any atom is 0.407 e. The number of rotatable bonds is 6. The molecule has 1 aromatic heterocycles. The molecule has 8 heteroatoms. The Morgan fingerprint density at radius 1 is 1.36 bits per heavy atom. The Morgan fingerprint density at radius 2 is 2.00 bits per heavy atom. The molecule has 0 aliphatic heterocycles. The van der Waals surface area contributed by atoms with Gasteiger partial charge in [-0.1, -0.05) is 0 Å². The minimum Gasteiger partial charge on any atom is -0.444 e. The number of hydrogen-bond acceptors (Lipinski definition) is 4. The average Bonchev–Trinajstić information content (AvgIpc) is 2.79. The molecule has 0 saturated heterocycles. The van der Waals surface area contributed by atoms with Crippen LogP contribution in [-0.2, 0) is 4.74 Å². The molecule has 0 saturated carbocycles. The van der Waals surface area contributed by atoms with Crippen LogP contribution in [-0.4, -0.2) is 30.7 Å². The molecule has 1 aromatic rings. The minimum absolute atomic E-state index is 0.191. The number of carbonyl (C=O) groups is 1. The van der Waals surface area contributed by atoms with Crippen molar-refractivity contribution in [3.05, 3.63) is 20.8 Å². The van der Waals surface area contributed by atoms with Crippen molar-refractivity contribution in [1.29, 1.82) is 0 Å². The molecule has 22 heavy (non-hydrogen) atoms. The van der Waals surface area contributed by atoms with Crippen LogP contribution in [0.3, 0.4) is 0 Å². The van der Waals surface area contributed by atoms with Gasteiger partial charge < -0.3 is 15.4 Å². The summed E-state index contributed by atoms with van der Waals surface area (Å²) in [6.45, 7) is 5.54. The number of carbonyl (C=O) groups excluding carboxylic acids is 1. The van der Waals surface area contributed by atoms with Gasteiger partial charge in [0, 0.05) is 10.9 Å². The quantitative estimate of drug-likeness (QED) is 0.749. The Kier molecular flexibility index (Phi) is 6.76. The molecule has 1 amide bonds. The zero-order valence-electron chi connectivity index (χ0n) is 13.0. The highest BCUT2D eigenvalue weighted by atomic mass is 79.9. The van der Waals surface area contributed by atoms with Gasteiger partial charge in [0.05, 0.1) is 16.9 Å². The molecule has 1 unspecified atom stereocenters. The van der Waals surface area contributed by atoms with Gasteiger partial charge in [0.25, 0.3) is 5.92 Å². The lowest BCUT2D eigenvalue weighted by Crippen LogP contribution is -2.45. The third kappa shape index (κ3) is 7.51. The third-order valence-electron chi connectivity index (χ3n) is 2.58. The molecule has 0 fully saturated rings. The van der Waals surface area contributed by atoms with E-state index in [2.05, 4.69) is 26.6 Å². The van der Waals surface area contributed by atoms with E-state index in [-0.39, 0.29) is 6.04 Å². The van der Waals surface area contributed by atoms with Gasteiger partial charge >= 0.3 is 6.09 Å². The molecule has 2 N–H and O–H groups in total. The van der Waals surface area contributed by atoms with E-state index in [1.807, 2.05) is 19.1 Å². The number of halogens is 3. The van der Waals surface area contributed by atoms with Gasteiger partial charge in [-0.25, -0.2) is 13.6 Å². The van der Waals surface area contributed by atoms with Crippen LogP contribution in [0.15, 0.2) is 15.9 Å². The number of alkyl halides is 2. The summed E-state index contributed by atoms with van der Waals surface area (Å²) in [5, 5.41) is 4.86. The summed E-state index contributed by atoms with van der Waals surface area (Å²) in [7, 11) is 0. The van der Waals surface area contributed by atoms with E-state index in [4.69, 9.17) is 4.74 Å². The summed E-state index contributed by atoms with van der Waals surface area (Å²) >= 11 is 4.83. The number of ether oxygens (including phenoxy) is 1. The van der Waals surface area contributed by atoms with Gasteiger partial charge in [0.2, 0.25) is 0 Å². The summed E-state index contributed by atoms with van der Waals surface area (Å²) in [6, 6.07) is 3.56. The largest absolute Gasteiger partial charge is 0.444 e. The number of thiophene rings is 1. The molecule has 0 aliphatic carbocycles. The highest BCUT2D eigenvalue weighted by Gasteiger charge is 2.31. The standard InChI is InChI=1S/C14H21BrF2N2O2S/c1-9(10-5-6-11(15)22-10)18-7-14(16,17)8-19-12(20)21-13(2,3)4/h5-6,9,18H,7-8H2,1-4H3,(H,19,20). The first-order chi connectivity index (χ1) is 9.98. The molecule has 0 radical (unpaired) electrons. The van der Waals surface area contributed by atoms with Crippen LogP contribution >= 0.6 is 27.3 Å². The Hall–Kier alpha value is -0.730. The Morgan fingerprint density at radius 3 is 2.50 bits per heavy atom.